The molecule has 1 heterocycles. The van der Waals surface area contributed by atoms with E-state index in [1.165, 1.54) is 5.56 Å². The molecule has 0 radical (unpaired) electrons. The first-order chi connectivity index (χ1) is 12.6. The van der Waals surface area contributed by atoms with E-state index in [9.17, 15) is 8.42 Å². The van der Waals surface area contributed by atoms with Gasteiger partial charge in [0, 0.05) is 25.7 Å². The molecule has 1 saturated heterocycles. The van der Waals surface area contributed by atoms with Crippen LogP contribution < -0.4 is 4.72 Å². The minimum Gasteiger partial charge on any atom is -0.297 e. The van der Waals surface area contributed by atoms with Crippen LogP contribution in [-0.2, 0) is 16.6 Å². The number of sulfonamides is 1. The maximum atomic E-state index is 12.8. The summed E-state index contributed by atoms with van der Waals surface area (Å²) >= 11 is 0. The molecule has 4 rings (SSSR count). The normalized spacial score (nSPS) is 18.4. The molecule has 1 fully saturated rings. The van der Waals surface area contributed by atoms with Gasteiger partial charge in [0.25, 0.3) is 0 Å². The van der Waals surface area contributed by atoms with Crippen molar-refractivity contribution in [2.24, 2.45) is 0 Å². The van der Waals surface area contributed by atoms with Gasteiger partial charge in [-0.1, -0.05) is 60.7 Å². The highest BCUT2D eigenvalue weighted by molar-refractivity contribution is 7.89. The molecule has 1 aliphatic rings. The molecule has 1 N–H and O–H groups in total. The number of nitrogens with one attached hydrogen (secondary N) is 1. The Morgan fingerprint density at radius 3 is 2.46 bits per heavy atom. The summed E-state index contributed by atoms with van der Waals surface area (Å²) in [5.74, 6) is 0. The minimum absolute atomic E-state index is 0.0461. The Kier molecular flexibility index (Phi) is 4.76. The third-order valence-corrected chi connectivity index (χ3v) is 6.39. The lowest BCUT2D eigenvalue weighted by Crippen LogP contribution is -2.36. The van der Waals surface area contributed by atoms with E-state index in [0.717, 1.165) is 36.8 Å². The van der Waals surface area contributed by atoms with Crippen LogP contribution in [0.1, 0.15) is 12.0 Å². The van der Waals surface area contributed by atoms with E-state index < -0.39 is 10.0 Å². The van der Waals surface area contributed by atoms with Crippen molar-refractivity contribution in [2.45, 2.75) is 23.9 Å². The van der Waals surface area contributed by atoms with Crippen LogP contribution in [0.25, 0.3) is 10.8 Å². The molecule has 0 aliphatic carbocycles. The Balaban J connectivity index is 1.44. The summed E-state index contributed by atoms with van der Waals surface area (Å²) in [4.78, 5) is 2.63. The van der Waals surface area contributed by atoms with Gasteiger partial charge >= 0.3 is 0 Å². The Hall–Kier alpha value is -2.21. The van der Waals surface area contributed by atoms with Crippen molar-refractivity contribution in [1.82, 2.24) is 9.62 Å². The van der Waals surface area contributed by atoms with Crippen molar-refractivity contribution in [3.8, 4) is 0 Å². The first-order valence-electron chi connectivity index (χ1n) is 8.88. The lowest BCUT2D eigenvalue weighted by atomic mass is 10.1. The molecule has 4 nitrogen and oxygen atoms in total. The molecule has 134 valence electrons. The van der Waals surface area contributed by atoms with Crippen molar-refractivity contribution in [1.29, 1.82) is 0 Å². The fourth-order valence-electron chi connectivity index (χ4n) is 3.54. The van der Waals surface area contributed by atoms with Gasteiger partial charge in [0.05, 0.1) is 4.90 Å². The summed E-state index contributed by atoms with van der Waals surface area (Å²) in [7, 11) is -3.51. The molecule has 0 saturated carbocycles. The van der Waals surface area contributed by atoms with Crippen LogP contribution in [0.5, 0.6) is 0 Å². The van der Waals surface area contributed by atoms with E-state index in [4.69, 9.17) is 0 Å². The third kappa shape index (κ3) is 3.80. The number of benzene rings is 3. The Bertz CT molecular complexity index is 1000. The van der Waals surface area contributed by atoms with E-state index in [2.05, 4.69) is 21.8 Å². The summed E-state index contributed by atoms with van der Waals surface area (Å²) in [6, 6.07) is 23.3. The molecule has 5 heteroatoms. The van der Waals surface area contributed by atoms with E-state index in [-0.39, 0.29) is 6.04 Å². The van der Waals surface area contributed by atoms with Crippen LogP contribution in [0.3, 0.4) is 0 Å². The molecular formula is C21H22N2O2S. The lowest BCUT2D eigenvalue weighted by Gasteiger charge is -2.17. The highest BCUT2D eigenvalue weighted by atomic mass is 32.2. The molecule has 26 heavy (non-hydrogen) atoms. The summed E-state index contributed by atoms with van der Waals surface area (Å²) < 4.78 is 28.4. The number of hydrogen-bond acceptors (Lipinski definition) is 3. The average molecular weight is 366 g/mol. The second-order valence-corrected chi connectivity index (χ2v) is 8.55. The van der Waals surface area contributed by atoms with Crippen LogP contribution >= 0.6 is 0 Å². The molecule has 0 aromatic heterocycles. The van der Waals surface area contributed by atoms with Gasteiger partial charge in [-0.25, -0.2) is 13.1 Å². The monoisotopic (exact) mass is 366 g/mol. The zero-order valence-corrected chi connectivity index (χ0v) is 15.3. The predicted molar refractivity (Wildman–Crippen MR) is 104 cm³/mol. The van der Waals surface area contributed by atoms with E-state index >= 15 is 0 Å². The smallest absolute Gasteiger partial charge is 0.240 e. The molecule has 0 spiro atoms. The van der Waals surface area contributed by atoms with Gasteiger partial charge in [-0.3, -0.25) is 4.90 Å². The Morgan fingerprint density at radius 1 is 0.923 bits per heavy atom. The molecule has 0 amide bonds. The van der Waals surface area contributed by atoms with Gasteiger partial charge in [0.1, 0.15) is 0 Å². The third-order valence-electron chi connectivity index (χ3n) is 4.87. The van der Waals surface area contributed by atoms with Crippen LogP contribution in [0.2, 0.25) is 0 Å². The van der Waals surface area contributed by atoms with Crippen molar-refractivity contribution < 1.29 is 8.42 Å². The van der Waals surface area contributed by atoms with Crippen LogP contribution in [0, 0.1) is 0 Å². The first-order valence-corrected chi connectivity index (χ1v) is 10.4. The fraction of sp³-hybridized carbons (Fsp3) is 0.238. The van der Waals surface area contributed by atoms with Gasteiger partial charge in [0.2, 0.25) is 10.0 Å². The van der Waals surface area contributed by atoms with Gasteiger partial charge < -0.3 is 0 Å². The lowest BCUT2D eigenvalue weighted by molar-refractivity contribution is 0.324. The van der Waals surface area contributed by atoms with Gasteiger partial charge in [-0.05, 0) is 34.9 Å². The van der Waals surface area contributed by atoms with Crippen molar-refractivity contribution in [2.75, 3.05) is 13.1 Å². The van der Waals surface area contributed by atoms with Crippen LogP contribution in [0.4, 0.5) is 0 Å². The fourth-order valence-corrected chi connectivity index (χ4v) is 4.83. The molecule has 0 unspecified atom stereocenters. The largest absolute Gasteiger partial charge is 0.297 e. The SMILES string of the molecule is O=S(=O)(N[C@H]1CCN(Cc2ccccc2)C1)c1ccc2ccccc2c1. The van der Waals surface area contributed by atoms with Crippen molar-refractivity contribution in [3.05, 3.63) is 78.4 Å². The summed E-state index contributed by atoms with van der Waals surface area (Å²) in [5, 5.41) is 1.98. The van der Waals surface area contributed by atoms with Crippen LogP contribution in [0.15, 0.2) is 77.7 Å². The van der Waals surface area contributed by atoms with Crippen molar-refractivity contribution >= 4 is 20.8 Å². The number of nitrogens with zero attached hydrogens (tertiary/aromatic N) is 1. The quantitative estimate of drug-likeness (QED) is 0.753. The highest BCUT2D eigenvalue weighted by Crippen LogP contribution is 2.21. The van der Waals surface area contributed by atoms with Gasteiger partial charge in [-0.2, -0.15) is 0 Å². The molecule has 0 bridgehead atoms. The maximum absolute atomic E-state index is 12.8. The van der Waals surface area contributed by atoms with E-state index in [1.807, 2.05) is 48.5 Å². The predicted octanol–water partition coefficient (Wildman–Crippen LogP) is 3.39. The second kappa shape index (κ2) is 7.19. The number of fused-ring (bicyclic) bond motifs is 1. The zero-order valence-electron chi connectivity index (χ0n) is 14.5. The summed E-state index contributed by atoms with van der Waals surface area (Å²) in [6.07, 6.45) is 0.833. The number of hydrogen-bond donors (Lipinski definition) is 1. The topological polar surface area (TPSA) is 49.4 Å². The van der Waals surface area contributed by atoms with E-state index in [0.29, 0.717) is 4.90 Å². The molecule has 3 aromatic carbocycles. The van der Waals surface area contributed by atoms with Gasteiger partial charge in [-0.15, -0.1) is 0 Å². The number of likely N-dealkylation sites (tertiary alicyclic amines) is 1. The molecule has 3 aromatic rings. The van der Waals surface area contributed by atoms with Crippen molar-refractivity contribution in [3.63, 3.8) is 0 Å². The minimum atomic E-state index is -3.51. The van der Waals surface area contributed by atoms with E-state index in [1.54, 1.807) is 12.1 Å². The second-order valence-electron chi connectivity index (χ2n) is 6.84. The highest BCUT2D eigenvalue weighted by Gasteiger charge is 2.27. The zero-order chi connectivity index (χ0) is 18.0. The molecule has 1 atom stereocenters. The Morgan fingerprint density at radius 2 is 1.65 bits per heavy atom. The molecule has 1 aliphatic heterocycles. The maximum Gasteiger partial charge on any atom is 0.240 e. The summed E-state index contributed by atoms with van der Waals surface area (Å²) in [5.41, 5.74) is 1.26. The number of rotatable bonds is 5. The average Bonchev–Trinajstić information content (AvgIpc) is 3.08. The molecular weight excluding hydrogens is 344 g/mol. The Labute approximate surface area is 154 Å². The summed E-state index contributed by atoms with van der Waals surface area (Å²) in [6.45, 7) is 2.50. The standard InChI is InChI=1S/C21H22N2O2S/c24-26(25,21-11-10-18-8-4-5-9-19(18)14-21)22-20-12-13-23(16-20)15-17-6-2-1-3-7-17/h1-11,14,20,22H,12-13,15-16H2/t20-/m0/s1. The van der Waals surface area contributed by atoms with Crippen LogP contribution in [-0.4, -0.2) is 32.4 Å². The van der Waals surface area contributed by atoms with Gasteiger partial charge in [0.15, 0.2) is 0 Å². The first kappa shape index (κ1) is 17.2.